The number of rotatable bonds is 5. The number of aldehydes is 1. The molecule has 0 radical (unpaired) electrons. The highest BCUT2D eigenvalue weighted by molar-refractivity contribution is 6.04. The fourth-order valence-corrected chi connectivity index (χ4v) is 5.60. The van der Waals surface area contributed by atoms with Crippen molar-refractivity contribution >= 4 is 23.9 Å². The van der Waals surface area contributed by atoms with Gasteiger partial charge in [-0.15, -0.1) is 0 Å². The number of benzene rings is 3. The molecule has 202 valence electrons. The molecule has 1 N–H and O–H groups in total. The number of likely N-dealkylation sites (tertiary alicyclic amines) is 1. The molecule has 41 heavy (non-hydrogen) atoms. The number of hydrogen-bond donors (Lipinski definition) is 1. The topological polar surface area (TPSA) is 96.7 Å². The summed E-state index contributed by atoms with van der Waals surface area (Å²) in [5.41, 5.74) is 3.18. The molecule has 4 aromatic rings. The van der Waals surface area contributed by atoms with Crippen LogP contribution in [0.3, 0.4) is 0 Å². The molecule has 6 rings (SSSR count). The van der Waals surface area contributed by atoms with Crippen LogP contribution in [0.15, 0.2) is 89.3 Å². The number of hydrogen-bond acceptors (Lipinski definition) is 5. The lowest BCUT2D eigenvalue weighted by molar-refractivity contribution is 0.0605. The molecule has 0 bridgehead atoms. The Labute approximate surface area is 237 Å². The average Bonchev–Trinajstić information content (AvgIpc) is 3.59. The van der Waals surface area contributed by atoms with Crippen LogP contribution in [0.1, 0.15) is 76.9 Å². The third kappa shape index (κ3) is 5.08. The van der Waals surface area contributed by atoms with Gasteiger partial charge in [0.25, 0.3) is 11.8 Å². The maximum atomic E-state index is 13.2. The normalized spacial score (nSPS) is 15.0. The van der Waals surface area contributed by atoms with Crippen LogP contribution < -0.4 is 5.32 Å². The number of Topliss-reactive ketones (excluding diaryl/α,β-unsaturated/α-hetero) is 1. The van der Waals surface area contributed by atoms with Gasteiger partial charge in [0.1, 0.15) is 0 Å². The first-order chi connectivity index (χ1) is 20.0. The Balaban J connectivity index is 1.16. The van der Waals surface area contributed by atoms with Crippen molar-refractivity contribution in [2.75, 3.05) is 13.1 Å². The first-order valence-electron chi connectivity index (χ1n) is 13.5. The Kier molecular flexibility index (Phi) is 6.82. The minimum absolute atomic E-state index is 0.112. The number of fused-ring (bicyclic) bond motifs is 2. The van der Waals surface area contributed by atoms with E-state index in [-0.39, 0.29) is 29.8 Å². The summed E-state index contributed by atoms with van der Waals surface area (Å²) in [4.78, 5) is 52.2. The summed E-state index contributed by atoms with van der Waals surface area (Å²) in [5, 5.41) is 3.15. The van der Waals surface area contributed by atoms with Crippen molar-refractivity contribution in [2.24, 2.45) is 0 Å². The van der Waals surface area contributed by atoms with Gasteiger partial charge in [-0.1, -0.05) is 60.5 Å². The van der Waals surface area contributed by atoms with Gasteiger partial charge < -0.3 is 14.6 Å². The number of furan rings is 1. The number of ketones is 1. The molecule has 0 saturated carbocycles. The molecule has 1 saturated heterocycles. The molecule has 0 aliphatic carbocycles. The summed E-state index contributed by atoms with van der Waals surface area (Å²) >= 11 is 0. The van der Waals surface area contributed by atoms with Gasteiger partial charge in [-0.2, -0.15) is 0 Å². The predicted molar refractivity (Wildman–Crippen MR) is 152 cm³/mol. The van der Waals surface area contributed by atoms with E-state index in [2.05, 4.69) is 17.2 Å². The van der Waals surface area contributed by atoms with E-state index in [1.165, 1.54) is 0 Å². The zero-order chi connectivity index (χ0) is 28.4. The van der Waals surface area contributed by atoms with Crippen LogP contribution in [-0.4, -0.2) is 41.9 Å². The zero-order valence-corrected chi connectivity index (χ0v) is 22.2. The summed E-state index contributed by atoms with van der Waals surface area (Å²) in [6.07, 6.45) is 1.86. The van der Waals surface area contributed by atoms with Crippen molar-refractivity contribution in [1.82, 2.24) is 10.2 Å². The van der Waals surface area contributed by atoms with E-state index >= 15 is 0 Å². The van der Waals surface area contributed by atoms with Gasteiger partial charge in [-0.05, 0) is 60.2 Å². The number of carbonyl (C=O) groups excluding carboxylic acids is 4. The van der Waals surface area contributed by atoms with Crippen molar-refractivity contribution in [1.29, 1.82) is 0 Å². The van der Waals surface area contributed by atoms with Crippen LogP contribution in [0.4, 0.5) is 0 Å². The SMILES string of the molecule is O=Cc1ccccc1C(=O)Cc1ccc2c(c1)C1(CCN(C(=O)c3ccc(C#Cc4ccccc4)o3)CC1)NC2=O. The van der Waals surface area contributed by atoms with Crippen LogP contribution in [0.5, 0.6) is 0 Å². The predicted octanol–water partition coefficient (Wildman–Crippen LogP) is 4.79. The second-order valence-electron chi connectivity index (χ2n) is 10.3. The number of carbonyl (C=O) groups is 4. The second kappa shape index (κ2) is 10.7. The monoisotopic (exact) mass is 542 g/mol. The Bertz CT molecular complexity index is 1730. The summed E-state index contributed by atoms with van der Waals surface area (Å²) in [6, 6.07) is 25.1. The van der Waals surface area contributed by atoms with Crippen LogP contribution >= 0.6 is 0 Å². The standard InChI is InChI=1S/C34H26N2O5/c37-22-25-8-4-5-9-27(25)30(38)21-24-11-14-28-29(20-24)34(35-32(28)39)16-18-36(19-17-34)33(40)31-15-13-26(41-31)12-10-23-6-2-1-3-7-23/h1-9,11,13-15,20,22H,16-19,21H2,(H,35,39). The van der Waals surface area contributed by atoms with Gasteiger partial charge in [-0.3, -0.25) is 19.2 Å². The number of amides is 2. The summed E-state index contributed by atoms with van der Waals surface area (Å²) in [5.74, 6) is 6.09. The molecule has 7 heteroatoms. The summed E-state index contributed by atoms with van der Waals surface area (Å²) in [6.45, 7) is 0.861. The van der Waals surface area contributed by atoms with Gasteiger partial charge in [0, 0.05) is 41.8 Å². The molecule has 0 unspecified atom stereocenters. The van der Waals surface area contributed by atoms with E-state index in [0.29, 0.717) is 54.7 Å². The fraction of sp³-hybridized carbons (Fsp3) is 0.176. The molecule has 7 nitrogen and oxygen atoms in total. The summed E-state index contributed by atoms with van der Waals surface area (Å²) < 4.78 is 5.73. The molecule has 3 heterocycles. The fourth-order valence-electron chi connectivity index (χ4n) is 5.60. The molecule has 2 aliphatic heterocycles. The number of nitrogens with one attached hydrogen (secondary N) is 1. The highest BCUT2D eigenvalue weighted by Crippen LogP contribution is 2.40. The molecule has 0 atom stereocenters. The van der Waals surface area contributed by atoms with Gasteiger partial charge >= 0.3 is 0 Å². The third-order valence-corrected chi connectivity index (χ3v) is 7.77. The minimum Gasteiger partial charge on any atom is -0.443 e. The van der Waals surface area contributed by atoms with Gasteiger partial charge in [0.05, 0.1) is 5.54 Å². The van der Waals surface area contributed by atoms with Gasteiger partial charge in [0.2, 0.25) is 0 Å². The smallest absolute Gasteiger partial charge is 0.289 e. The lowest BCUT2D eigenvalue weighted by atomic mass is 9.80. The van der Waals surface area contributed by atoms with E-state index in [0.717, 1.165) is 16.7 Å². The van der Waals surface area contributed by atoms with Crippen molar-refractivity contribution in [2.45, 2.75) is 24.8 Å². The van der Waals surface area contributed by atoms with Crippen molar-refractivity contribution in [3.63, 3.8) is 0 Å². The van der Waals surface area contributed by atoms with Crippen molar-refractivity contribution < 1.29 is 23.6 Å². The Hall–Kier alpha value is -5.22. The highest BCUT2D eigenvalue weighted by Gasteiger charge is 2.45. The first-order valence-corrected chi connectivity index (χ1v) is 13.5. The number of piperidine rings is 1. The molecule has 3 aromatic carbocycles. The quantitative estimate of drug-likeness (QED) is 0.222. The highest BCUT2D eigenvalue weighted by atomic mass is 16.3. The maximum Gasteiger partial charge on any atom is 0.289 e. The zero-order valence-electron chi connectivity index (χ0n) is 22.2. The lowest BCUT2D eigenvalue weighted by Gasteiger charge is -2.39. The van der Waals surface area contributed by atoms with E-state index < -0.39 is 5.54 Å². The van der Waals surface area contributed by atoms with E-state index in [1.807, 2.05) is 36.4 Å². The molecule has 2 aliphatic rings. The Morgan fingerprint density at radius 1 is 0.927 bits per heavy atom. The van der Waals surface area contributed by atoms with Crippen molar-refractivity contribution in [3.8, 4) is 11.8 Å². The van der Waals surface area contributed by atoms with Gasteiger partial charge in [0.15, 0.2) is 23.6 Å². The lowest BCUT2D eigenvalue weighted by Crippen LogP contribution is -2.50. The molecular formula is C34H26N2O5. The van der Waals surface area contributed by atoms with Crippen LogP contribution in [0.25, 0.3) is 0 Å². The van der Waals surface area contributed by atoms with E-state index in [4.69, 9.17) is 4.42 Å². The van der Waals surface area contributed by atoms with Crippen LogP contribution in [0.2, 0.25) is 0 Å². The van der Waals surface area contributed by atoms with Crippen LogP contribution in [-0.2, 0) is 12.0 Å². The van der Waals surface area contributed by atoms with E-state index in [9.17, 15) is 19.2 Å². The molecular weight excluding hydrogens is 516 g/mol. The molecule has 1 fully saturated rings. The molecule has 1 aromatic heterocycles. The molecule has 2 amide bonds. The van der Waals surface area contributed by atoms with Crippen molar-refractivity contribution in [3.05, 3.63) is 130 Å². The van der Waals surface area contributed by atoms with Gasteiger partial charge in [-0.25, -0.2) is 0 Å². The third-order valence-electron chi connectivity index (χ3n) is 7.77. The second-order valence-corrected chi connectivity index (χ2v) is 10.3. The Morgan fingerprint density at radius 2 is 1.68 bits per heavy atom. The average molecular weight is 543 g/mol. The number of nitrogens with zero attached hydrogens (tertiary/aromatic N) is 1. The first kappa shape index (κ1) is 26.0. The Morgan fingerprint density at radius 3 is 2.46 bits per heavy atom. The largest absolute Gasteiger partial charge is 0.443 e. The van der Waals surface area contributed by atoms with Crippen LogP contribution in [0, 0.1) is 11.8 Å². The maximum absolute atomic E-state index is 13.2. The molecule has 1 spiro atoms. The summed E-state index contributed by atoms with van der Waals surface area (Å²) in [7, 11) is 0. The van der Waals surface area contributed by atoms with E-state index in [1.54, 1.807) is 53.4 Å². The minimum atomic E-state index is -0.613.